The summed E-state index contributed by atoms with van der Waals surface area (Å²) in [6, 6.07) is 4.32. The van der Waals surface area contributed by atoms with E-state index in [-0.39, 0.29) is 10.6 Å². The van der Waals surface area contributed by atoms with Crippen LogP contribution in [0.25, 0.3) is 6.08 Å². The quantitative estimate of drug-likeness (QED) is 0.553. The molecule has 0 heterocycles. The molecule has 13 heavy (non-hydrogen) atoms. The summed E-state index contributed by atoms with van der Waals surface area (Å²) in [5, 5.41) is 0. The lowest BCUT2D eigenvalue weighted by Gasteiger charge is -2.04. The lowest BCUT2D eigenvalue weighted by atomic mass is 10.2. The van der Waals surface area contributed by atoms with E-state index in [1.165, 1.54) is 18.2 Å². The van der Waals surface area contributed by atoms with Gasteiger partial charge in [-0.05, 0) is 11.6 Å². The largest absolute Gasteiger partial charge is 0.397 e. The maximum Gasteiger partial charge on any atom is 0.296 e. The van der Waals surface area contributed by atoms with E-state index in [1.807, 2.05) is 0 Å². The second-order valence-corrected chi connectivity index (χ2v) is 3.83. The van der Waals surface area contributed by atoms with Crippen molar-refractivity contribution in [2.75, 3.05) is 5.73 Å². The minimum atomic E-state index is -4.24. The van der Waals surface area contributed by atoms with E-state index in [4.69, 9.17) is 10.3 Å². The molecule has 3 N–H and O–H groups in total. The van der Waals surface area contributed by atoms with Crippen molar-refractivity contribution in [3.05, 3.63) is 30.3 Å². The lowest BCUT2D eigenvalue weighted by Crippen LogP contribution is -2.04. The molecule has 1 aromatic carbocycles. The van der Waals surface area contributed by atoms with Crippen molar-refractivity contribution in [1.29, 1.82) is 0 Å². The number of para-hydroxylation sites is 1. The van der Waals surface area contributed by atoms with E-state index < -0.39 is 10.1 Å². The fourth-order valence-corrected chi connectivity index (χ4v) is 1.61. The molecule has 0 aromatic heterocycles. The number of nitrogens with two attached hydrogens (primary N) is 1. The molecule has 0 aliphatic heterocycles. The zero-order valence-corrected chi connectivity index (χ0v) is 7.58. The van der Waals surface area contributed by atoms with Gasteiger partial charge in [-0.25, -0.2) is 0 Å². The summed E-state index contributed by atoms with van der Waals surface area (Å²) in [5.74, 6) is 0. The molecule has 0 radical (unpaired) electrons. The van der Waals surface area contributed by atoms with Crippen LogP contribution in [0.5, 0.6) is 0 Å². The third-order valence-corrected chi connectivity index (χ3v) is 2.51. The van der Waals surface area contributed by atoms with Gasteiger partial charge in [0.15, 0.2) is 0 Å². The molecule has 0 unspecified atom stereocenters. The van der Waals surface area contributed by atoms with Gasteiger partial charge in [0.25, 0.3) is 10.1 Å². The monoisotopic (exact) mass is 199 g/mol. The molecule has 0 aliphatic rings. The van der Waals surface area contributed by atoms with Crippen molar-refractivity contribution in [3.63, 3.8) is 0 Å². The van der Waals surface area contributed by atoms with Crippen LogP contribution in [0.1, 0.15) is 5.56 Å². The van der Waals surface area contributed by atoms with E-state index in [1.54, 1.807) is 6.07 Å². The highest BCUT2D eigenvalue weighted by molar-refractivity contribution is 7.86. The van der Waals surface area contributed by atoms with E-state index >= 15 is 0 Å². The summed E-state index contributed by atoms with van der Waals surface area (Å²) >= 11 is 0. The molecule has 0 atom stereocenters. The van der Waals surface area contributed by atoms with Crippen molar-refractivity contribution < 1.29 is 13.0 Å². The average molecular weight is 199 g/mol. The highest BCUT2D eigenvalue weighted by atomic mass is 32.2. The van der Waals surface area contributed by atoms with Crippen LogP contribution in [-0.4, -0.2) is 13.0 Å². The number of hydrogen-bond donors (Lipinski definition) is 2. The lowest BCUT2D eigenvalue weighted by molar-refractivity contribution is 0.483. The van der Waals surface area contributed by atoms with Crippen molar-refractivity contribution >= 4 is 21.9 Å². The SMILES string of the molecule is C=Cc1cccc(S(=O)(=O)O)c1N. The molecule has 0 spiro atoms. The van der Waals surface area contributed by atoms with Crippen LogP contribution in [0, 0.1) is 0 Å². The van der Waals surface area contributed by atoms with Crippen LogP contribution < -0.4 is 5.73 Å². The molecule has 4 nitrogen and oxygen atoms in total. The Morgan fingerprint density at radius 3 is 2.54 bits per heavy atom. The number of nitrogen functional groups attached to an aromatic ring is 1. The van der Waals surface area contributed by atoms with Crippen LogP contribution in [0.15, 0.2) is 29.7 Å². The Morgan fingerprint density at radius 2 is 2.08 bits per heavy atom. The average Bonchev–Trinajstić information content (AvgIpc) is 2.02. The fourth-order valence-electron chi connectivity index (χ4n) is 0.964. The Kier molecular flexibility index (Phi) is 2.40. The first-order valence-corrected chi connectivity index (χ1v) is 4.89. The van der Waals surface area contributed by atoms with Gasteiger partial charge in [-0.2, -0.15) is 8.42 Å². The molecule has 70 valence electrons. The van der Waals surface area contributed by atoms with Gasteiger partial charge in [-0.15, -0.1) is 0 Å². The summed E-state index contributed by atoms with van der Waals surface area (Å²) in [6.45, 7) is 3.46. The molecule has 0 saturated carbocycles. The Hall–Kier alpha value is -1.33. The normalized spacial score (nSPS) is 11.2. The number of rotatable bonds is 2. The van der Waals surface area contributed by atoms with E-state index in [9.17, 15) is 8.42 Å². The van der Waals surface area contributed by atoms with Gasteiger partial charge >= 0.3 is 0 Å². The number of benzene rings is 1. The van der Waals surface area contributed by atoms with Gasteiger partial charge in [-0.3, -0.25) is 4.55 Å². The Bertz CT molecular complexity index is 437. The molecule has 1 rings (SSSR count). The van der Waals surface area contributed by atoms with E-state index in [0.29, 0.717) is 5.56 Å². The van der Waals surface area contributed by atoms with Crippen molar-refractivity contribution in [2.24, 2.45) is 0 Å². The molecule has 0 aliphatic carbocycles. The van der Waals surface area contributed by atoms with Gasteiger partial charge in [0.1, 0.15) is 4.90 Å². The Labute approximate surface area is 76.4 Å². The zero-order chi connectivity index (χ0) is 10.1. The highest BCUT2D eigenvalue weighted by Gasteiger charge is 2.14. The van der Waals surface area contributed by atoms with Gasteiger partial charge in [0, 0.05) is 0 Å². The third kappa shape index (κ3) is 1.88. The standard InChI is InChI=1S/C8H9NO3S/c1-2-6-4-3-5-7(8(6)9)13(10,11)12/h2-5H,1,9H2,(H,10,11,12). The summed E-state index contributed by atoms with van der Waals surface area (Å²) in [4.78, 5) is -0.287. The fraction of sp³-hybridized carbons (Fsp3) is 0. The third-order valence-electron chi connectivity index (χ3n) is 1.60. The van der Waals surface area contributed by atoms with Crippen molar-refractivity contribution in [2.45, 2.75) is 4.90 Å². The molecule has 1 aromatic rings. The summed E-state index contributed by atoms with van der Waals surface area (Å²) in [7, 11) is -4.24. The van der Waals surface area contributed by atoms with Gasteiger partial charge in [-0.1, -0.05) is 24.8 Å². The summed E-state index contributed by atoms with van der Waals surface area (Å²) in [6.07, 6.45) is 1.42. The minimum Gasteiger partial charge on any atom is -0.397 e. The van der Waals surface area contributed by atoms with Crippen LogP contribution in [0.3, 0.4) is 0 Å². The zero-order valence-electron chi connectivity index (χ0n) is 6.77. The van der Waals surface area contributed by atoms with Gasteiger partial charge in [0.05, 0.1) is 5.69 Å². The maximum absolute atomic E-state index is 10.8. The molecule has 0 fully saturated rings. The summed E-state index contributed by atoms with van der Waals surface area (Å²) < 4.78 is 30.3. The summed E-state index contributed by atoms with van der Waals surface area (Å²) in [5.41, 5.74) is 5.97. The van der Waals surface area contributed by atoms with Gasteiger partial charge < -0.3 is 5.73 Å². The second kappa shape index (κ2) is 3.20. The van der Waals surface area contributed by atoms with E-state index in [0.717, 1.165) is 0 Å². The van der Waals surface area contributed by atoms with Crippen LogP contribution >= 0.6 is 0 Å². The first-order chi connectivity index (χ1) is 5.96. The van der Waals surface area contributed by atoms with Gasteiger partial charge in [0.2, 0.25) is 0 Å². The highest BCUT2D eigenvalue weighted by Crippen LogP contribution is 2.22. The molecule has 0 amide bonds. The molecular weight excluding hydrogens is 190 g/mol. The molecular formula is C8H9NO3S. The van der Waals surface area contributed by atoms with Crippen LogP contribution in [0.2, 0.25) is 0 Å². The van der Waals surface area contributed by atoms with Crippen LogP contribution in [-0.2, 0) is 10.1 Å². The minimum absolute atomic E-state index is 0.0139. The van der Waals surface area contributed by atoms with E-state index in [2.05, 4.69) is 6.58 Å². The smallest absolute Gasteiger partial charge is 0.296 e. The predicted octanol–water partition coefficient (Wildman–Crippen LogP) is 1.16. The Morgan fingerprint density at radius 1 is 1.46 bits per heavy atom. The van der Waals surface area contributed by atoms with Crippen molar-refractivity contribution in [1.82, 2.24) is 0 Å². The molecule has 5 heteroatoms. The Balaban J connectivity index is 3.50. The number of hydrogen-bond acceptors (Lipinski definition) is 3. The molecule has 0 saturated heterocycles. The number of anilines is 1. The second-order valence-electron chi connectivity index (χ2n) is 2.44. The maximum atomic E-state index is 10.8. The first-order valence-electron chi connectivity index (χ1n) is 3.45. The van der Waals surface area contributed by atoms with Crippen LogP contribution in [0.4, 0.5) is 5.69 Å². The molecule has 0 bridgehead atoms. The predicted molar refractivity (Wildman–Crippen MR) is 50.8 cm³/mol. The first kappa shape index (κ1) is 9.76. The van der Waals surface area contributed by atoms with Crippen molar-refractivity contribution in [3.8, 4) is 0 Å². The topological polar surface area (TPSA) is 80.4 Å².